The Morgan fingerprint density at radius 1 is 1.75 bits per heavy atom. The number of allylic oxidation sites excluding steroid dienone is 1. The van der Waals surface area contributed by atoms with Crippen molar-refractivity contribution in [2.75, 3.05) is 0 Å². The van der Waals surface area contributed by atoms with Crippen molar-refractivity contribution in [2.24, 2.45) is 0 Å². The van der Waals surface area contributed by atoms with Crippen LogP contribution in [0.2, 0.25) is 0 Å². The maximum absolute atomic E-state index is 10.0. The Hall–Kier alpha value is -0.150. The summed E-state index contributed by atoms with van der Waals surface area (Å²) in [5.41, 5.74) is 0. The third-order valence-corrected chi connectivity index (χ3v) is 1.53. The Balaban J connectivity index is 3.64. The molecule has 0 amide bonds. The molecule has 0 fully saturated rings. The molecule has 0 aromatic heterocycles. The van der Waals surface area contributed by atoms with Crippen molar-refractivity contribution < 1.29 is 8.76 Å². The zero-order chi connectivity index (χ0) is 6.57. The summed E-state index contributed by atoms with van der Waals surface area (Å²) in [6, 6.07) is 0. The Morgan fingerprint density at radius 3 is 2.38 bits per heavy atom. The van der Waals surface area contributed by atoms with Gasteiger partial charge in [0.25, 0.3) is 0 Å². The summed E-state index contributed by atoms with van der Waals surface area (Å²) in [7, 11) is 0. The SMILES string of the molecule is CC=CC(C)S(=O)[O-]. The molecule has 0 spiro atoms. The second kappa shape index (κ2) is 3.80. The van der Waals surface area contributed by atoms with Crippen molar-refractivity contribution in [3.05, 3.63) is 12.2 Å². The van der Waals surface area contributed by atoms with E-state index in [1.54, 1.807) is 26.0 Å². The van der Waals surface area contributed by atoms with Gasteiger partial charge in [-0.3, -0.25) is 4.21 Å². The molecule has 0 aliphatic carbocycles. The fourth-order valence-corrected chi connectivity index (χ4v) is 0.621. The first-order chi connectivity index (χ1) is 3.68. The monoisotopic (exact) mass is 133 g/mol. The molecular formula is C5H9O2S-. The van der Waals surface area contributed by atoms with Crippen molar-refractivity contribution in [3.8, 4) is 0 Å². The lowest BCUT2D eigenvalue weighted by molar-refractivity contribution is 0.532. The first kappa shape index (κ1) is 7.85. The minimum Gasteiger partial charge on any atom is -0.772 e. The highest BCUT2D eigenvalue weighted by Gasteiger charge is 1.91. The normalized spacial score (nSPS) is 18.9. The molecule has 8 heavy (non-hydrogen) atoms. The summed E-state index contributed by atoms with van der Waals surface area (Å²) in [6.45, 7) is 3.42. The zero-order valence-electron chi connectivity index (χ0n) is 4.96. The Morgan fingerprint density at radius 2 is 2.25 bits per heavy atom. The smallest absolute Gasteiger partial charge is 0.0367 e. The van der Waals surface area contributed by atoms with Crippen molar-refractivity contribution in [3.63, 3.8) is 0 Å². The first-order valence-corrected chi connectivity index (χ1v) is 3.53. The molecule has 0 bridgehead atoms. The van der Waals surface area contributed by atoms with E-state index < -0.39 is 11.1 Å². The van der Waals surface area contributed by atoms with E-state index in [2.05, 4.69) is 0 Å². The van der Waals surface area contributed by atoms with E-state index in [1.165, 1.54) is 0 Å². The second-order valence-electron chi connectivity index (χ2n) is 1.49. The average Bonchev–Trinajstić information content (AvgIpc) is 1.67. The van der Waals surface area contributed by atoms with Gasteiger partial charge in [-0.05, 0) is 24.9 Å². The van der Waals surface area contributed by atoms with Crippen LogP contribution in [0.4, 0.5) is 0 Å². The molecule has 0 aromatic rings. The lowest BCUT2D eigenvalue weighted by Crippen LogP contribution is -2.04. The first-order valence-electron chi connectivity index (χ1n) is 2.39. The number of rotatable bonds is 2. The van der Waals surface area contributed by atoms with Gasteiger partial charge in [-0.1, -0.05) is 12.2 Å². The van der Waals surface area contributed by atoms with Gasteiger partial charge in [-0.25, -0.2) is 0 Å². The number of hydrogen-bond acceptors (Lipinski definition) is 2. The van der Waals surface area contributed by atoms with Gasteiger partial charge < -0.3 is 4.55 Å². The van der Waals surface area contributed by atoms with Crippen LogP contribution in [0, 0.1) is 0 Å². The van der Waals surface area contributed by atoms with Crippen LogP contribution in [0.3, 0.4) is 0 Å². The molecule has 0 saturated heterocycles. The molecule has 3 heteroatoms. The maximum Gasteiger partial charge on any atom is 0.0367 e. The van der Waals surface area contributed by atoms with Gasteiger partial charge in [-0.2, -0.15) is 0 Å². The van der Waals surface area contributed by atoms with Gasteiger partial charge in [0.1, 0.15) is 0 Å². The number of hydrogen-bond donors (Lipinski definition) is 0. The van der Waals surface area contributed by atoms with Crippen LogP contribution < -0.4 is 0 Å². The molecule has 0 N–H and O–H groups in total. The van der Waals surface area contributed by atoms with Crippen LogP contribution in [-0.2, 0) is 11.1 Å². The average molecular weight is 133 g/mol. The Bertz CT molecular complexity index is 109. The Kier molecular flexibility index (Phi) is 3.73. The molecule has 0 rings (SSSR count). The second-order valence-corrected chi connectivity index (χ2v) is 2.76. The molecule has 0 aliphatic heterocycles. The van der Waals surface area contributed by atoms with E-state index in [0.29, 0.717) is 0 Å². The van der Waals surface area contributed by atoms with E-state index >= 15 is 0 Å². The molecular weight excluding hydrogens is 124 g/mol. The van der Waals surface area contributed by atoms with Gasteiger partial charge in [0, 0.05) is 5.25 Å². The van der Waals surface area contributed by atoms with Crippen LogP contribution in [0.5, 0.6) is 0 Å². The van der Waals surface area contributed by atoms with Crippen LogP contribution in [0.25, 0.3) is 0 Å². The Labute approximate surface area is 51.9 Å². The molecule has 48 valence electrons. The van der Waals surface area contributed by atoms with E-state index in [1.807, 2.05) is 0 Å². The van der Waals surface area contributed by atoms with Gasteiger partial charge in [0.05, 0.1) is 0 Å². The van der Waals surface area contributed by atoms with E-state index in [4.69, 9.17) is 0 Å². The highest BCUT2D eigenvalue weighted by Crippen LogP contribution is 1.92. The molecule has 0 aliphatic rings. The lowest BCUT2D eigenvalue weighted by atomic mass is 10.4. The summed E-state index contributed by atoms with van der Waals surface area (Å²) < 4.78 is 20.1. The summed E-state index contributed by atoms with van der Waals surface area (Å²) >= 11 is -1.95. The van der Waals surface area contributed by atoms with Crippen molar-refractivity contribution >= 4 is 11.1 Å². The standard InChI is InChI=1S/C5H10O2S/c1-3-4-5(2)8(6)7/h3-5H,1-2H3,(H,6,7)/p-1. The topological polar surface area (TPSA) is 40.1 Å². The van der Waals surface area contributed by atoms with Crippen molar-refractivity contribution in [2.45, 2.75) is 19.1 Å². The van der Waals surface area contributed by atoms with E-state index in [-0.39, 0.29) is 5.25 Å². The molecule has 2 unspecified atom stereocenters. The fraction of sp³-hybridized carbons (Fsp3) is 0.600. The third kappa shape index (κ3) is 2.93. The zero-order valence-corrected chi connectivity index (χ0v) is 5.77. The summed E-state index contributed by atoms with van der Waals surface area (Å²) in [5, 5.41) is -0.347. The van der Waals surface area contributed by atoms with Gasteiger partial charge in [0.2, 0.25) is 0 Å². The molecule has 2 atom stereocenters. The minimum atomic E-state index is -1.95. The molecule has 0 saturated carbocycles. The predicted octanol–water partition coefficient (Wildman–Crippen LogP) is 0.830. The molecule has 0 heterocycles. The molecule has 0 radical (unpaired) electrons. The highest BCUT2D eigenvalue weighted by atomic mass is 32.2. The third-order valence-electron chi connectivity index (χ3n) is 0.767. The maximum atomic E-state index is 10.0. The molecule has 0 aromatic carbocycles. The summed E-state index contributed by atoms with van der Waals surface area (Å²) in [5.74, 6) is 0. The lowest BCUT2D eigenvalue weighted by Gasteiger charge is -2.07. The predicted molar refractivity (Wildman–Crippen MR) is 33.2 cm³/mol. The van der Waals surface area contributed by atoms with Crippen LogP contribution in [-0.4, -0.2) is 14.0 Å². The summed E-state index contributed by atoms with van der Waals surface area (Å²) in [4.78, 5) is 0. The van der Waals surface area contributed by atoms with Gasteiger partial charge in [0.15, 0.2) is 0 Å². The minimum absolute atomic E-state index is 0.347. The van der Waals surface area contributed by atoms with Crippen LogP contribution >= 0.6 is 0 Å². The highest BCUT2D eigenvalue weighted by molar-refractivity contribution is 7.79. The fourth-order valence-electron chi connectivity index (χ4n) is 0.335. The van der Waals surface area contributed by atoms with Gasteiger partial charge in [-0.15, -0.1) is 0 Å². The van der Waals surface area contributed by atoms with E-state index in [9.17, 15) is 8.76 Å². The largest absolute Gasteiger partial charge is 0.772 e. The van der Waals surface area contributed by atoms with E-state index in [0.717, 1.165) is 0 Å². The van der Waals surface area contributed by atoms with Crippen LogP contribution in [0.1, 0.15) is 13.8 Å². The van der Waals surface area contributed by atoms with Crippen molar-refractivity contribution in [1.29, 1.82) is 0 Å². The van der Waals surface area contributed by atoms with Crippen molar-refractivity contribution in [1.82, 2.24) is 0 Å². The van der Waals surface area contributed by atoms with Gasteiger partial charge >= 0.3 is 0 Å². The summed E-state index contributed by atoms with van der Waals surface area (Å²) in [6.07, 6.45) is 3.35. The van der Waals surface area contributed by atoms with Crippen LogP contribution in [0.15, 0.2) is 12.2 Å². The molecule has 2 nitrogen and oxygen atoms in total. The quantitative estimate of drug-likeness (QED) is 0.413.